The van der Waals surface area contributed by atoms with Gasteiger partial charge in [0.15, 0.2) is 0 Å². The summed E-state index contributed by atoms with van der Waals surface area (Å²) in [5.74, 6) is -1.42. The summed E-state index contributed by atoms with van der Waals surface area (Å²) in [6, 6.07) is 23.3. The molecule has 0 aliphatic carbocycles. The Bertz CT molecular complexity index is 1440. The van der Waals surface area contributed by atoms with Gasteiger partial charge in [-0.3, -0.25) is 19.7 Å². The number of nitro benzene ring substituents is 1. The number of carbonyl (C=O) groups is 2. The van der Waals surface area contributed by atoms with Crippen LogP contribution in [-0.4, -0.2) is 29.8 Å². The van der Waals surface area contributed by atoms with Gasteiger partial charge in [0.05, 0.1) is 40.5 Å². The molecule has 0 aromatic heterocycles. The third kappa shape index (κ3) is 8.15. The van der Waals surface area contributed by atoms with Gasteiger partial charge in [-0.2, -0.15) is 10.5 Å². The molecule has 11 heteroatoms. The largest absolute Gasteiger partial charge is 0.369 e. The van der Waals surface area contributed by atoms with Crippen LogP contribution in [0.1, 0.15) is 28.8 Å². The zero-order valence-electron chi connectivity index (χ0n) is 20.6. The number of non-ortho nitro benzene ring substituents is 1. The summed E-state index contributed by atoms with van der Waals surface area (Å²) >= 11 is 6.12. The minimum Gasteiger partial charge on any atom is -0.369 e. The minimum atomic E-state index is -0.797. The number of anilines is 2. The Kier molecular flexibility index (Phi) is 10.1. The molecule has 0 radical (unpaired) electrons. The molecule has 10 nitrogen and oxygen atoms in total. The molecule has 0 aliphatic heterocycles. The zero-order valence-corrected chi connectivity index (χ0v) is 21.4. The molecule has 0 atom stereocenters. The van der Waals surface area contributed by atoms with Crippen molar-refractivity contribution < 1.29 is 14.5 Å². The third-order valence-electron chi connectivity index (χ3n) is 5.49. The number of nitrogens with one attached hydrogen (secondary N) is 2. The van der Waals surface area contributed by atoms with E-state index < -0.39 is 16.7 Å². The van der Waals surface area contributed by atoms with E-state index in [-0.39, 0.29) is 22.0 Å². The molecule has 0 saturated heterocycles. The van der Waals surface area contributed by atoms with Crippen LogP contribution in [-0.2, 0) is 4.79 Å². The van der Waals surface area contributed by atoms with E-state index in [0.717, 1.165) is 11.8 Å². The molecule has 0 bridgehead atoms. The average molecular weight is 543 g/mol. The van der Waals surface area contributed by atoms with E-state index in [2.05, 4.69) is 22.8 Å². The first-order chi connectivity index (χ1) is 18.8. The molecule has 0 aliphatic rings. The zero-order chi connectivity index (χ0) is 28.2. The van der Waals surface area contributed by atoms with Crippen molar-refractivity contribution in [1.82, 2.24) is 5.32 Å². The second-order valence-electron chi connectivity index (χ2n) is 8.15. The van der Waals surface area contributed by atoms with Gasteiger partial charge in [0.25, 0.3) is 17.5 Å². The number of halogens is 1. The first kappa shape index (κ1) is 28.4. The van der Waals surface area contributed by atoms with Crippen molar-refractivity contribution in [3.8, 4) is 12.1 Å². The van der Waals surface area contributed by atoms with Crippen LogP contribution in [0.15, 0.2) is 78.5 Å². The number of nitrogens with zero attached hydrogens (tertiary/aromatic N) is 4. The van der Waals surface area contributed by atoms with Gasteiger partial charge in [0.1, 0.15) is 5.70 Å². The molecular formula is C28H23ClN6O4. The second-order valence-corrected chi connectivity index (χ2v) is 8.56. The van der Waals surface area contributed by atoms with Crippen LogP contribution in [0.25, 0.3) is 6.08 Å². The first-order valence-electron chi connectivity index (χ1n) is 11.7. The molecule has 2 amide bonds. The van der Waals surface area contributed by atoms with E-state index in [4.69, 9.17) is 22.1 Å². The first-order valence-corrected chi connectivity index (χ1v) is 12.1. The molecule has 0 saturated carbocycles. The highest BCUT2D eigenvalue weighted by molar-refractivity contribution is 6.34. The monoisotopic (exact) mass is 542 g/mol. The van der Waals surface area contributed by atoms with E-state index >= 15 is 0 Å². The van der Waals surface area contributed by atoms with Crippen molar-refractivity contribution in [2.24, 2.45) is 0 Å². The Hall–Kier alpha value is -5.19. The smallest absolute Gasteiger partial charge is 0.272 e. The predicted octanol–water partition coefficient (Wildman–Crippen LogP) is 5.29. The van der Waals surface area contributed by atoms with Crippen LogP contribution in [0.4, 0.5) is 17.1 Å². The van der Waals surface area contributed by atoms with Gasteiger partial charge >= 0.3 is 0 Å². The van der Waals surface area contributed by atoms with Gasteiger partial charge in [-0.1, -0.05) is 41.9 Å². The molecule has 0 unspecified atom stereocenters. The van der Waals surface area contributed by atoms with Gasteiger partial charge in [-0.15, -0.1) is 0 Å². The fraction of sp³-hybridized carbons (Fsp3) is 0.143. The quantitative estimate of drug-likeness (QED) is 0.189. The van der Waals surface area contributed by atoms with Gasteiger partial charge in [-0.05, 0) is 42.0 Å². The lowest BCUT2D eigenvalue weighted by molar-refractivity contribution is -0.384. The van der Waals surface area contributed by atoms with Crippen LogP contribution in [0.3, 0.4) is 0 Å². The summed E-state index contributed by atoms with van der Waals surface area (Å²) in [7, 11) is 0. The fourth-order valence-electron chi connectivity index (χ4n) is 3.56. The van der Waals surface area contributed by atoms with Crippen molar-refractivity contribution in [2.75, 3.05) is 23.3 Å². The van der Waals surface area contributed by atoms with Gasteiger partial charge in [0.2, 0.25) is 0 Å². The highest BCUT2D eigenvalue weighted by Crippen LogP contribution is 2.23. The van der Waals surface area contributed by atoms with E-state index in [1.54, 1.807) is 54.6 Å². The molecule has 0 fully saturated rings. The van der Waals surface area contributed by atoms with Crippen LogP contribution in [0.2, 0.25) is 5.02 Å². The van der Waals surface area contributed by atoms with Gasteiger partial charge < -0.3 is 15.5 Å². The predicted molar refractivity (Wildman–Crippen MR) is 148 cm³/mol. The fourth-order valence-corrected chi connectivity index (χ4v) is 3.76. The number of amides is 2. The summed E-state index contributed by atoms with van der Waals surface area (Å²) in [5.41, 5.74) is 1.26. The molecular weight excluding hydrogens is 520 g/mol. The maximum absolute atomic E-state index is 13.2. The van der Waals surface area contributed by atoms with Gasteiger partial charge in [0, 0.05) is 36.6 Å². The molecule has 39 heavy (non-hydrogen) atoms. The molecule has 3 aromatic rings. The number of carbonyl (C=O) groups excluding carboxylic acids is 2. The molecule has 0 heterocycles. The number of para-hydroxylation sites is 1. The SMILES string of the molecule is N#CCCN(CCC#N)c1ccc(C=C(NC(=O)c2cc([N+](=O)[O-])ccc2Cl)C(=O)Nc2ccccc2)cc1. The lowest BCUT2D eigenvalue weighted by atomic mass is 10.1. The molecule has 2 N–H and O–H groups in total. The highest BCUT2D eigenvalue weighted by Gasteiger charge is 2.20. The number of nitriles is 2. The normalized spacial score (nSPS) is 10.6. The third-order valence-corrected chi connectivity index (χ3v) is 5.82. The van der Waals surface area contributed by atoms with Gasteiger partial charge in [-0.25, -0.2) is 0 Å². The average Bonchev–Trinajstić information content (AvgIpc) is 2.94. The van der Waals surface area contributed by atoms with Crippen molar-refractivity contribution in [2.45, 2.75) is 12.8 Å². The van der Waals surface area contributed by atoms with E-state index in [1.165, 1.54) is 18.2 Å². The summed E-state index contributed by atoms with van der Waals surface area (Å²) in [6.07, 6.45) is 2.05. The van der Waals surface area contributed by atoms with Crippen molar-refractivity contribution in [3.63, 3.8) is 0 Å². The molecule has 196 valence electrons. The Morgan fingerprint density at radius 1 is 0.974 bits per heavy atom. The van der Waals surface area contributed by atoms with Crippen LogP contribution in [0.5, 0.6) is 0 Å². The molecule has 0 spiro atoms. The number of benzene rings is 3. The standard InChI is InChI=1S/C28H23ClN6O4/c29-25-13-12-23(35(38)39)19-24(25)27(36)33-26(28(37)32-21-6-2-1-3-7-21)18-20-8-10-22(11-9-20)34(16-4-14-30)17-5-15-31/h1-3,6-13,18-19H,4-5,16-17H2,(H,32,37)(H,33,36). The Labute approximate surface area is 229 Å². The lowest BCUT2D eigenvalue weighted by Crippen LogP contribution is -2.31. The van der Waals surface area contributed by atoms with E-state index in [9.17, 15) is 19.7 Å². The Morgan fingerprint density at radius 2 is 1.62 bits per heavy atom. The Balaban J connectivity index is 1.92. The maximum Gasteiger partial charge on any atom is 0.272 e. The van der Waals surface area contributed by atoms with Crippen LogP contribution < -0.4 is 15.5 Å². The van der Waals surface area contributed by atoms with Crippen LogP contribution >= 0.6 is 11.6 Å². The minimum absolute atomic E-state index is 0.0138. The molecule has 3 rings (SSSR count). The number of nitro groups is 1. The summed E-state index contributed by atoms with van der Waals surface area (Å²) in [5, 5.41) is 34.3. The van der Waals surface area contributed by atoms with Crippen LogP contribution in [0, 0.1) is 32.8 Å². The summed E-state index contributed by atoms with van der Waals surface area (Å²) < 4.78 is 0. The molecule has 3 aromatic carbocycles. The maximum atomic E-state index is 13.2. The van der Waals surface area contributed by atoms with E-state index in [1.807, 2.05) is 4.90 Å². The second kappa shape index (κ2) is 13.9. The van der Waals surface area contributed by atoms with Crippen molar-refractivity contribution in [1.29, 1.82) is 10.5 Å². The van der Waals surface area contributed by atoms with Crippen molar-refractivity contribution in [3.05, 3.63) is 105 Å². The summed E-state index contributed by atoms with van der Waals surface area (Å²) in [4.78, 5) is 38.6. The summed E-state index contributed by atoms with van der Waals surface area (Å²) in [6.45, 7) is 0.913. The van der Waals surface area contributed by atoms with E-state index in [0.29, 0.717) is 37.2 Å². The highest BCUT2D eigenvalue weighted by atomic mass is 35.5. The Morgan fingerprint density at radius 3 is 2.21 bits per heavy atom. The number of hydrogen-bond donors (Lipinski definition) is 2. The van der Waals surface area contributed by atoms with Crippen molar-refractivity contribution >= 4 is 46.6 Å². The lowest BCUT2D eigenvalue weighted by Gasteiger charge is -2.22. The number of rotatable bonds is 11. The topological polar surface area (TPSA) is 152 Å². The number of hydrogen-bond acceptors (Lipinski definition) is 7.